The summed E-state index contributed by atoms with van der Waals surface area (Å²) in [5.41, 5.74) is 1.59. The van der Waals surface area contributed by atoms with Crippen molar-refractivity contribution in [3.05, 3.63) is 71.8 Å². The van der Waals surface area contributed by atoms with Gasteiger partial charge in [0.05, 0.1) is 12.6 Å². The lowest BCUT2D eigenvalue weighted by Gasteiger charge is -2.29. The second-order valence-electron chi connectivity index (χ2n) is 10.5. The van der Waals surface area contributed by atoms with Crippen LogP contribution >= 0.6 is 0 Å². The van der Waals surface area contributed by atoms with Crippen molar-refractivity contribution in [2.45, 2.75) is 77.0 Å². The molecule has 1 N–H and O–H groups in total. The Morgan fingerprint density at radius 3 is 2.30 bits per heavy atom. The SMILES string of the molecule is CCOC(=O)[C@@H](CCc1ccccc1)NC1CCC(c2ccccc2)CN(CC(=O)OC(C)(C)C)C1=O. The summed E-state index contributed by atoms with van der Waals surface area (Å²) < 4.78 is 10.9. The largest absolute Gasteiger partial charge is 0.465 e. The molecule has 3 atom stereocenters. The van der Waals surface area contributed by atoms with E-state index in [1.54, 1.807) is 11.8 Å². The van der Waals surface area contributed by atoms with Gasteiger partial charge in [-0.05, 0) is 64.5 Å². The van der Waals surface area contributed by atoms with Crippen LogP contribution in [0, 0.1) is 0 Å². The van der Waals surface area contributed by atoms with E-state index >= 15 is 0 Å². The summed E-state index contributed by atoms with van der Waals surface area (Å²) in [5.74, 6) is -0.934. The quantitative estimate of drug-likeness (QED) is 0.483. The highest BCUT2D eigenvalue weighted by atomic mass is 16.6. The van der Waals surface area contributed by atoms with Crippen molar-refractivity contribution in [3.63, 3.8) is 0 Å². The van der Waals surface area contributed by atoms with Gasteiger partial charge in [-0.15, -0.1) is 0 Å². The van der Waals surface area contributed by atoms with Crippen LogP contribution in [0.4, 0.5) is 0 Å². The second-order valence-corrected chi connectivity index (χ2v) is 10.5. The molecule has 0 saturated carbocycles. The van der Waals surface area contributed by atoms with Crippen LogP contribution in [0.2, 0.25) is 0 Å². The molecule has 0 spiro atoms. The molecule has 1 aliphatic heterocycles. The summed E-state index contributed by atoms with van der Waals surface area (Å²) in [6.07, 6.45) is 2.46. The molecule has 1 fully saturated rings. The molecule has 0 radical (unpaired) electrons. The zero-order valence-corrected chi connectivity index (χ0v) is 22.4. The molecular weight excluding hydrogens is 468 g/mol. The third kappa shape index (κ3) is 9.01. The Kier molecular flexibility index (Phi) is 10.3. The van der Waals surface area contributed by atoms with Crippen molar-refractivity contribution in [3.8, 4) is 0 Å². The Bertz CT molecular complexity index is 1020. The Morgan fingerprint density at radius 2 is 1.68 bits per heavy atom. The van der Waals surface area contributed by atoms with E-state index in [4.69, 9.17) is 9.47 Å². The minimum absolute atomic E-state index is 0.0738. The average Bonchev–Trinajstić information content (AvgIpc) is 3.00. The molecule has 1 amide bonds. The van der Waals surface area contributed by atoms with Crippen molar-refractivity contribution < 1.29 is 23.9 Å². The summed E-state index contributed by atoms with van der Waals surface area (Å²) in [6.45, 7) is 7.74. The van der Waals surface area contributed by atoms with Crippen LogP contribution in [-0.4, -0.2) is 60.1 Å². The number of esters is 2. The van der Waals surface area contributed by atoms with Gasteiger partial charge in [0.1, 0.15) is 18.2 Å². The highest BCUT2D eigenvalue weighted by Gasteiger charge is 2.36. The smallest absolute Gasteiger partial charge is 0.326 e. The van der Waals surface area contributed by atoms with Crippen LogP contribution < -0.4 is 5.32 Å². The predicted octanol–water partition coefficient (Wildman–Crippen LogP) is 4.26. The molecule has 2 aromatic carbocycles. The molecule has 7 heteroatoms. The van der Waals surface area contributed by atoms with E-state index in [1.165, 1.54) is 0 Å². The molecule has 200 valence electrons. The van der Waals surface area contributed by atoms with Crippen LogP contribution in [0.5, 0.6) is 0 Å². The van der Waals surface area contributed by atoms with Gasteiger partial charge in [-0.2, -0.15) is 0 Å². The first-order valence-electron chi connectivity index (χ1n) is 13.2. The maximum atomic E-state index is 13.7. The van der Waals surface area contributed by atoms with Gasteiger partial charge in [0.25, 0.3) is 0 Å². The van der Waals surface area contributed by atoms with E-state index in [0.29, 0.717) is 25.8 Å². The molecule has 1 saturated heterocycles. The van der Waals surface area contributed by atoms with Crippen LogP contribution in [0.3, 0.4) is 0 Å². The van der Waals surface area contributed by atoms with E-state index in [9.17, 15) is 14.4 Å². The standard InChI is InChI=1S/C30H40N2O5/c1-5-36-29(35)26(18-16-22-12-8-6-9-13-22)31-25-19-17-24(23-14-10-7-11-15-23)20-32(28(25)34)21-27(33)37-30(2,3)4/h6-15,24-26,31H,5,16-21H2,1-4H3/t24?,25?,26-/m1/s1. The van der Waals surface area contributed by atoms with Gasteiger partial charge in [-0.1, -0.05) is 60.7 Å². The lowest BCUT2D eigenvalue weighted by atomic mass is 9.93. The number of nitrogens with one attached hydrogen (secondary N) is 1. The Balaban J connectivity index is 1.80. The van der Waals surface area contributed by atoms with Crippen LogP contribution in [0.25, 0.3) is 0 Å². The molecule has 3 rings (SSSR count). The van der Waals surface area contributed by atoms with Crippen molar-refractivity contribution in [1.82, 2.24) is 10.2 Å². The average molecular weight is 509 g/mol. The van der Waals surface area contributed by atoms with Crippen molar-refractivity contribution in [2.75, 3.05) is 19.7 Å². The lowest BCUT2D eigenvalue weighted by Crippen LogP contribution is -2.53. The highest BCUT2D eigenvalue weighted by Crippen LogP contribution is 2.28. The van der Waals surface area contributed by atoms with Gasteiger partial charge < -0.3 is 14.4 Å². The van der Waals surface area contributed by atoms with Crippen molar-refractivity contribution in [1.29, 1.82) is 0 Å². The van der Waals surface area contributed by atoms with Gasteiger partial charge in [0.2, 0.25) is 5.91 Å². The number of benzene rings is 2. The first-order chi connectivity index (χ1) is 17.7. The number of amides is 1. The maximum absolute atomic E-state index is 13.7. The minimum Gasteiger partial charge on any atom is -0.465 e. The van der Waals surface area contributed by atoms with E-state index in [-0.39, 0.29) is 30.9 Å². The van der Waals surface area contributed by atoms with Crippen LogP contribution in [-0.2, 0) is 30.3 Å². The molecule has 2 aromatic rings. The van der Waals surface area contributed by atoms with Crippen molar-refractivity contribution in [2.24, 2.45) is 0 Å². The third-order valence-corrected chi connectivity index (χ3v) is 6.40. The molecular formula is C30H40N2O5. The van der Waals surface area contributed by atoms with E-state index < -0.39 is 23.7 Å². The zero-order chi connectivity index (χ0) is 26.8. The number of ether oxygens (including phenoxy) is 2. The van der Waals surface area contributed by atoms with Gasteiger partial charge >= 0.3 is 11.9 Å². The number of likely N-dealkylation sites (tertiary alicyclic amines) is 1. The summed E-state index contributed by atoms with van der Waals surface area (Å²) in [4.78, 5) is 40.8. The molecule has 1 aliphatic rings. The molecule has 7 nitrogen and oxygen atoms in total. The number of aryl methyl sites for hydroxylation is 1. The second kappa shape index (κ2) is 13.4. The fraction of sp³-hybridized carbons (Fsp3) is 0.500. The lowest BCUT2D eigenvalue weighted by molar-refractivity contribution is -0.159. The van der Waals surface area contributed by atoms with Crippen molar-refractivity contribution >= 4 is 17.8 Å². The number of rotatable bonds is 10. The van der Waals surface area contributed by atoms with Crippen LogP contribution in [0.1, 0.15) is 64.0 Å². The minimum atomic E-state index is -0.644. The fourth-order valence-corrected chi connectivity index (χ4v) is 4.69. The van der Waals surface area contributed by atoms with Crippen LogP contribution in [0.15, 0.2) is 60.7 Å². The molecule has 0 aliphatic carbocycles. The first-order valence-corrected chi connectivity index (χ1v) is 13.2. The normalized spacial score (nSPS) is 19.1. The van der Waals surface area contributed by atoms with Gasteiger partial charge in [0, 0.05) is 12.5 Å². The van der Waals surface area contributed by atoms with E-state index in [0.717, 1.165) is 17.5 Å². The number of carbonyl (C=O) groups excluding carboxylic acids is 3. The molecule has 0 bridgehead atoms. The predicted molar refractivity (Wildman–Crippen MR) is 143 cm³/mol. The topological polar surface area (TPSA) is 84.9 Å². The van der Waals surface area contributed by atoms with Gasteiger partial charge in [0.15, 0.2) is 0 Å². The Morgan fingerprint density at radius 1 is 1.03 bits per heavy atom. The first kappa shape index (κ1) is 28.4. The van der Waals surface area contributed by atoms with Gasteiger partial charge in [-0.3, -0.25) is 19.7 Å². The Labute approximate surface area is 220 Å². The monoisotopic (exact) mass is 508 g/mol. The summed E-state index contributed by atoms with van der Waals surface area (Å²) >= 11 is 0. The number of hydrogen-bond acceptors (Lipinski definition) is 6. The summed E-state index contributed by atoms with van der Waals surface area (Å²) in [7, 11) is 0. The molecule has 1 heterocycles. The molecule has 37 heavy (non-hydrogen) atoms. The van der Waals surface area contributed by atoms with Gasteiger partial charge in [-0.25, -0.2) is 0 Å². The molecule has 0 aromatic heterocycles. The van der Waals surface area contributed by atoms with E-state index in [1.807, 2.05) is 69.3 Å². The summed E-state index contributed by atoms with van der Waals surface area (Å²) in [5, 5.41) is 3.31. The highest BCUT2D eigenvalue weighted by molar-refractivity contribution is 5.87. The number of nitrogens with zero attached hydrogens (tertiary/aromatic N) is 1. The number of hydrogen-bond donors (Lipinski definition) is 1. The third-order valence-electron chi connectivity index (χ3n) is 6.40. The molecule has 2 unspecified atom stereocenters. The Hall–Kier alpha value is -3.19. The maximum Gasteiger partial charge on any atom is 0.326 e. The summed E-state index contributed by atoms with van der Waals surface area (Å²) in [6, 6.07) is 18.7. The van der Waals surface area contributed by atoms with E-state index in [2.05, 4.69) is 17.4 Å². The zero-order valence-electron chi connectivity index (χ0n) is 22.4. The number of carbonyl (C=O) groups is 3. The fourth-order valence-electron chi connectivity index (χ4n) is 4.69.